The van der Waals surface area contributed by atoms with Gasteiger partial charge in [0.05, 0.1) is 0 Å². The van der Waals surface area contributed by atoms with E-state index < -0.39 is 0 Å². The van der Waals surface area contributed by atoms with Crippen LogP contribution in [-0.2, 0) is 0 Å². The van der Waals surface area contributed by atoms with Gasteiger partial charge in [-0.05, 0) is 36.5 Å². The van der Waals surface area contributed by atoms with Gasteiger partial charge < -0.3 is 0 Å². The molecule has 12 heavy (non-hydrogen) atoms. The van der Waals surface area contributed by atoms with Crippen LogP contribution < -0.4 is 0 Å². The van der Waals surface area contributed by atoms with Crippen LogP contribution in [0.4, 0.5) is 0 Å². The fraction of sp³-hybridized carbons (Fsp3) is 1.00. The van der Waals surface area contributed by atoms with Crippen LogP contribution in [0.1, 0.15) is 53.4 Å². The number of hydrogen-bond acceptors (Lipinski definition) is 0. The molecule has 0 heterocycles. The first-order valence-corrected chi connectivity index (χ1v) is 5.29. The first-order chi connectivity index (χ1) is 5.29. The van der Waals surface area contributed by atoms with Crippen LogP contribution in [0.5, 0.6) is 0 Å². The summed E-state index contributed by atoms with van der Waals surface area (Å²) in [5.74, 6) is 4.27. The summed E-state index contributed by atoms with van der Waals surface area (Å²) in [6, 6.07) is 0. The highest BCUT2D eigenvalue weighted by Gasteiger charge is 2.38. The minimum absolute atomic E-state index is 0. The van der Waals surface area contributed by atoms with Gasteiger partial charge in [-0.2, -0.15) is 0 Å². The Morgan fingerprint density at radius 1 is 1.00 bits per heavy atom. The number of fused-ring (bicyclic) bond motifs is 1. The fourth-order valence-electron chi connectivity index (χ4n) is 3.34. The lowest BCUT2D eigenvalue weighted by molar-refractivity contribution is 0.232. The van der Waals surface area contributed by atoms with E-state index in [2.05, 4.69) is 13.8 Å². The van der Waals surface area contributed by atoms with Gasteiger partial charge in [0.25, 0.3) is 0 Å². The van der Waals surface area contributed by atoms with Crippen LogP contribution in [-0.4, -0.2) is 0 Å². The molecule has 0 heteroatoms. The third-order valence-corrected chi connectivity index (χ3v) is 4.22. The molecule has 4 atom stereocenters. The van der Waals surface area contributed by atoms with Crippen molar-refractivity contribution in [3.05, 3.63) is 0 Å². The maximum atomic E-state index is 2.47. The molecule has 0 radical (unpaired) electrons. The topological polar surface area (TPSA) is 0 Å². The first kappa shape index (κ1) is 10.1. The monoisotopic (exact) mass is 168 g/mol. The van der Waals surface area contributed by atoms with Gasteiger partial charge in [0.2, 0.25) is 0 Å². The molecule has 0 aromatic carbocycles. The number of rotatable bonds is 0. The third kappa shape index (κ3) is 1.53. The van der Waals surface area contributed by atoms with Crippen molar-refractivity contribution in [3.63, 3.8) is 0 Å². The van der Waals surface area contributed by atoms with Crippen LogP contribution >= 0.6 is 0 Å². The lowest BCUT2D eigenvalue weighted by Crippen LogP contribution is -2.17. The molecule has 0 N–H and O–H groups in total. The van der Waals surface area contributed by atoms with E-state index in [0.717, 1.165) is 23.7 Å². The smallest absolute Gasteiger partial charge is 0.0357 e. The van der Waals surface area contributed by atoms with Crippen molar-refractivity contribution in [1.29, 1.82) is 0 Å². The molecule has 0 amide bonds. The Morgan fingerprint density at radius 2 is 1.67 bits per heavy atom. The standard InChI is InChI=1S/C11H20.CH4/c1-8-7-10-5-3-4-6-11(10)9(8)2;/h8-11H,3-7H2,1-2H3;1H4. The van der Waals surface area contributed by atoms with E-state index in [9.17, 15) is 0 Å². The Morgan fingerprint density at radius 3 is 2.33 bits per heavy atom. The first-order valence-electron chi connectivity index (χ1n) is 5.29. The van der Waals surface area contributed by atoms with Gasteiger partial charge in [-0.3, -0.25) is 0 Å². The molecule has 0 aromatic rings. The minimum Gasteiger partial charge on any atom is -0.0776 e. The molecular weight excluding hydrogens is 144 g/mol. The second-order valence-corrected chi connectivity index (χ2v) is 4.78. The quantitative estimate of drug-likeness (QED) is 0.511. The summed E-state index contributed by atoms with van der Waals surface area (Å²) in [7, 11) is 0. The SMILES string of the molecule is C.CC1CC2CCCCC2C1C. The molecule has 0 aliphatic heterocycles. The van der Waals surface area contributed by atoms with E-state index in [0.29, 0.717) is 0 Å². The second kappa shape index (κ2) is 3.81. The van der Waals surface area contributed by atoms with Crippen molar-refractivity contribution in [1.82, 2.24) is 0 Å². The minimum atomic E-state index is 0. The van der Waals surface area contributed by atoms with Crippen LogP contribution in [0.15, 0.2) is 0 Å². The highest BCUT2D eigenvalue weighted by molar-refractivity contribution is 4.88. The predicted molar refractivity (Wildman–Crippen MR) is 55.1 cm³/mol. The second-order valence-electron chi connectivity index (χ2n) is 4.78. The van der Waals surface area contributed by atoms with Crippen LogP contribution in [0.2, 0.25) is 0 Å². The van der Waals surface area contributed by atoms with Gasteiger partial charge in [0.1, 0.15) is 0 Å². The van der Waals surface area contributed by atoms with E-state index >= 15 is 0 Å². The lowest BCUT2D eigenvalue weighted by atomic mass is 9.78. The molecule has 72 valence electrons. The third-order valence-electron chi connectivity index (χ3n) is 4.22. The summed E-state index contributed by atoms with van der Waals surface area (Å²) in [6.07, 6.45) is 7.64. The Labute approximate surface area is 77.7 Å². The van der Waals surface area contributed by atoms with Gasteiger partial charge >= 0.3 is 0 Å². The average Bonchev–Trinajstić information content (AvgIpc) is 2.30. The molecule has 2 aliphatic carbocycles. The van der Waals surface area contributed by atoms with Gasteiger partial charge in [-0.1, -0.05) is 40.5 Å². The average molecular weight is 168 g/mol. The summed E-state index contributed by atoms with van der Waals surface area (Å²) in [5.41, 5.74) is 0. The highest BCUT2D eigenvalue weighted by atomic mass is 14.4. The summed E-state index contributed by atoms with van der Waals surface area (Å²) >= 11 is 0. The van der Waals surface area contributed by atoms with Crippen molar-refractivity contribution in [2.24, 2.45) is 23.7 Å². The van der Waals surface area contributed by atoms with Crippen molar-refractivity contribution >= 4 is 0 Å². The summed E-state index contributed by atoms with van der Waals surface area (Å²) < 4.78 is 0. The summed E-state index contributed by atoms with van der Waals surface area (Å²) in [4.78, 5) is 0. The molecule has 0 spiro atoms. The molecule has 0 saturated heterocycles. The molecule has 2 rings (SSSR count). The zero-order chi connectivity index (χ0) is 7.84. The fourth-order valence-corrected chi connectivity index (χ4v) is 3.34. The zero-order valence-corrected chi connectivity index (χ0v) is 7.84. The maximum Gasteiger partial charge on any atom is -0.0357 e. The maximum absolute atomic E-state index is 2.47. The van der Waals surface area contributed by atoms with E-state index in [-0.39, 0.29) is 7.43 Å². The van der Waals surface area contributed by atoms with E-state index in [4.69, 9.17) is 0 Å². The van der Waals surface area contributed by atoms with Crippen molar-refractivity contribution in [2.75, 3.05) is 0 Å². The van der Waals surface area contributed by atoms with Crippen molar-refractivity contribution < 1.29 is 0 Å². The van der Waals surface area contributed by atoms with E-state index in [1.165, 1.54) is 25.7 Å². The van der Waals surface area contributed by atoms with Gasteiger partial charge in [-0.25, -0.2) is 0 Å². The normalized spacial score (nSPS) is 46.5. The Bertz CT molecular complexity index is 139. The molecule has 4 unspecified atom stereocenters. The molecule has 0 aromatic heterocycles. The number of hydrogen-bond donors (Lipinski definition) is 0. The molecule has 2 saturated carbocycles. The largest absolute Gasteiger partial charge is 0.0776 e. The molecule has 0 nitrogen and oxygen atoms in total. The molecular formula is C12H24. The van der Waals surface area contributed by atoms with Gasteiger partial charge in [0, 0.05) is 0 Å². The zero-order valence-electron chi connectivity index (χ0n) is 7.84. The molecule has 2 fully saturated rings. The molecule has 2 aliphatic rings. The summed E-state index contributed by atoms with van der Waals surface area (Å²) in [6.45, 7) is 4.92. The van der Waals surface area contributed by atoms with Crippen LogP contribution in [0.25, 0.3) is 0 Å². The van der Waals surface area contributed by atoms with Gasteiger partial charge in [0.15, 0.2) is 0 Å². The van der Waals surface area contributed by atoms with Crippen molar-refractivity contribution in [3.8, 4) is 0 Å². The Balaban J connectivity index is 0.000000720. The van der Waals surface area contributed by atoms with Crippen molar-refractivity contribution in [2.45, 2.75) is 53.4 Å². The van der Waals surface area contributed by atoms with E-state index in [1.807, 2.05) is 0 Å². The molecule has 0 bridgehead atoms. The van der Waals surface area contributed by atoms with Crippen LogP contribution in [0, 0.1) is 23.7 Å². The van der Waals surface area contributed by atoms with Crippen LogP contribution in [0.3, 0.4) is 0 Å². The Hall–Kier alpha value is 0. The summed E-state index contributed by atoms with van der Waals surface area (Å²) in [5, 5.41) is 0. The Kier molecular flexibility index (Phi) is 3.20. The van der Waals surface area contributed by atoms with Gasteiger partial charge in [-0.15, -0.1) is 0 Å². The lowest BCUT2D eigenvalue weighted by Gasteiger charge is -2.27. The highest BCUT2D eigenvalue weighted by Crippen LogP contribution is 2.48. The predicted octanol–water partition coefficient (Wildman–Crippen LogP) is 4.10. The van der Waals surface area contributed by atoms with E-state index in [1.54, 1.807) is 6.42 Å².